The van der Waals surface area contributed by atoms with Crippen molar-refractivity contribution < 1.29 is 0 Å². The third-order valence-corrected chi connectivity index (χ3v) is 3.08. The Bertz CT molecular complexity index is 248. The lowest BCUT2D eigenvalue weighted by atomic mass is 10.2. The summed E-state index contributed by atoms with van der Waals surface area (Å²) in [7, 11) is 0. The molecule has 4 heteroatoms. The summed E-state index contributed by atoms with van der Waals surface area (Å²) in [6.45, 7) is 5.31. The summed E-state index contributed by atoms with van der Waals surface area (Å²) >= 11 is 1.84. The van der Waals surface area contributed by atoms with E-state index in [2.05, 4.69) is 35.4 Å². The van der Waals surface area contributed by atoms with Crippen molar-refractivity contribution in [1.82, 2.24) is 9.97 Å². The third-order valence-electron chi connectivity index (χ3n) is 1.83. The van der Waals surface area contributed by atoms with Gasteiger partial charge in [0.25, 0.3) is 0 Å². The van der Waals surface area contributed by atoms with E-state index in [1.165, 1.54) is 0 Å². The van der Waals surface area contributed by atoms with Gasteiger partial charge in [0.2, 0.25) is 0 Å². The van der Waals surface area contributed by atoms with Crippen molar-refractivity contribution in [3.63, 3.8) is 0 Å². The Kier molecular flexibility index (Phi) is 3.54. The molecule has 0 saturated carbocycles. The molecule has 0 aliphatic carbocycles. The minimum absolute atomic E-state index is 0.241. The van der Waals surface area contributed by atoms with Gasteiger partial charge in [-0.25, -0.2) is 9.97 Å². The molecule has 3 nitrogen and oxygen atoms in total. The van der Waals surface area contributed by atoms with E-state index in [1.807, 2.05) is 17.8 Å². The molecule has 1 aromatic rings. The topological polar surface area (TPSA) is 37.8 Å². The minimum Gasteiger partial charge on any atom is -0.369 e. The Morgan fingerprint density at radius 2 is 2.31 bits per heavy atom. The zero-order valence-electron chi connectivity index (χ0n) is 8.24. The summed E-state index contributed by atoms with van der Waals surface area (Å²) in [6.07, 6.45) is 5.40. The molecule has 0 atom stereocenters. The molecule has 0 unspecified atom stereocenters. The number of thioether (sulfide) groups is 1. The zero-order valence-corrected chi connectivity index (χ0v) is 9.06. The van der Waals surface area contributed by atoms with Crippen LogP contribution >= 0.6 is 11.8 Å². The van der Waals surface area contributed by atoms with Gasteiger partial charge in [0, 0.05) is 17.5 Å². The summed E-state index contributed by atoms with van der Waals surface area (Å²) < 4.78 is 0.241. The van der Waals surface area contributed by atoms with E-state index in [0.29, 0.717) is 0 Å². The van der Waals surface area contributed by atoms with E-state index in [-0.39, 0.29) is 4.75 Å². The fourth-order valence-corrected chi connectivity index (χ4v) is 0.987. The first kappa shape index (κ1) is 10.3. The Morgan fingerprint density at radius 1 is 1.54 bits per heavy atom. The fraction of sp³-hybridized carbons (Fsp3) is 0.556. The maximum atomic E-state index is 4.08. The van der Waals surface area contributed by atoms with E-state index in [9.17, 15) is 0 Å². The van der Waals surface area contributed by atoms with Crippen LogP contribution in [0.4, 0.5) is 5.82 Å². The van der Waals surface area contributed by atoms with Crippen molar-refractivity contribution in [2.24, 2.45) is 0 Å². The second-order valence-electron chi connectivity index (χ2n) is 3.41. The average molecular weight is 197 g/mol. The van der Waals surface area contributed by atoms with Crippen LogP contribution in [0.5, 0.6) is 0 Å². The summed E-state index contributed by atoms with van der Waals surface area (Å²) in [5, 5.41) is 3.26. The van der Waals surface area contributed by atoms with Gasteiger partial charge in [0.05, 0.1) is 0 Å². The van der Waals surface area contributed by atoms with Gasteiger partial charge in [-0.2, -0.15) is 11.8 Å². The Hall–Kier alpha value is -0.770. The number of nitrogens with one attached hydrogen (secondary N) is 1. The predicted octanol–water partition coefficient (Wildman–Crippen LogP) is 2.03. The number of nitrogens with zero attached hydrogens (tertiary/aromatic N) is 2. The van der Waals surface area contributed by atoms with Crippen molar-refractivity contribution in [3.8, 4) is 0 Å². The zero-order chi connectivity index (χ0) is 9.73. The largest absolute Gasteiger partial charge is 0.369 e. The Morgan fingerprint density at radius 3 is 2.85 bits per heavy atom. The number of hydrogen-bond acceptors (Lipinski definition) is 4. The third kappa shape index (κ3) is 3.63. The second-order valence-corrected chi connectivity index (χ2v) is 4.93. The molecule has 0 amide bonds. The first-order chi connectivity index (χ1) is 6.14. The molecule has 0 bridgehead atoms. The van der Waals surface area contributed by atoms with Crippen LogP contribution in [0.15, 0.2) is 18.6 Å². The smallest absolute Gasteiger partial charge is 0.129 e. The number of anilines is 1. The van der Waals surface area contributed by atoms with Gasteiger partial charge >= 0.3 is 0 Å². The number of rotatable bonds is 4. The molecule has 1 rings (SSSR count). The molecule has 72 valence electrons. The fourth-order valence-electron chi connectivity index (χ4n) is 0.771. The van der Waals surface area contributed by atoms with Crippen LogP contribution < -0.4 is 5.32 Å². The predicted molar refractivity (Wildman–Crippen MR) is 58.1 cm³/mol. The highest BCUT2D eigenvalue weighted by Gasteiger charge is 2.15. The van der Waals surface area contributed by atoms with E-state index >= 15 is 0 Å². The molecule has 0 radical (unpaired) electrons. The molecule has 0 saturated heterocycles. The van der Waals surface area contributed by atoms with Crippen LogP contribution in [0.2, 0.25) is 0 Å². The molecule has 0 aliphatic heterocycles. The number of hydrogen-bond donors (Lipinski definition) is 1. The second kappa shape index (κ2) is 4.46. The van der Waals surface area contributed by atoms with E-state index < -0.39 is 0 Å². The number of aromatic nitrogens is 2. The highest BCUT2D eigenvalue weighted by atomic mass is 32.2. The first-order valence-corrected chi connectivity index (χ1v) is 5.41. The molecule has 1 N–H and O–H groups in total. The molecule has 1 aromatic heterocycles. The Labute approximate surface area is 83.4 Å². The molecule has 0 aromatic carbocycles. The van der Waals surface area contributed by atoms with E-state index in [0.717, 1.165) is 12.4 Å². The SMILES string of the molecule is CSC(C)(C)CNc1ccncn1. The van der Waals surface area contributed by atoms with Crippen molar-refractivity contribution in [1.29, 1.82) is 0 Å². The van der Waals surface area contributed by atoms with Crippen LogP contribution in [-0.2, 0) is 0 Å². The van der Waals surface area contributed by atoms with E-state index in [4.69, 9.17) is 0 Å². The summed E-state index contributed by atoms with van der Waals surface area (Å²) in [5.74, 6) is 0.886. The lowest BCUT2D eigenvalue weighted by molar-refractivity contribution is 0.749. The minimum atomic E-state index is 0.241. The summed E-state index contributed by atoms with van der Waals surface area (Å²) in [4.78, 5) is 7.94. The lowest BCUT2D eigenvalue weighted by Crippen LogP contribution is -2.26. The molecule has 0 fully saturated rings. The monoisotopic (exact) mass is 197 g/mol. The quantitative estimate of drug-likeness (QED) is 0.801. The van der Waals surface area contributed by atoms with Gasteiger partial charge in [-0.05, 0) is 26.2 Å². The van der Waals surface area contributed by atoms with Gasteiger partial charge in [-0.3, -0.25) is 0 Å². The molecule has 0 spiro atoms. The molecule has 0 aliphatic rings. The van der Waals surface area contributed by atoms with Crippen molar-refractivity contribution in [2.75, 3.05) is 18.1 Å². The van der Waals surface area contributed by atoms with Gasteiger partial charge in [0.1, 0.15) is 12.1 Å². The van der Waals surface area contributed by atoms with Crippen molar-refractivity contribution >= 4 is 17.6 Å². The normalized spacial score (nSPS) is 11.3. The van der Waals surface area contributed by atoms with Gasteiger partial charge in [-0.1, -0.05) is 0 Å². The summed E-state index contributed by atoms with van der Waals surface area (Å²) in [5.41, 5.74) is 0. The summed E-state index contributed by atoms with van der Waals surface area (Å²) in [6, 6.07) is 1.87. The van der Waals surface area contributed by atoms with Gasteiger partial charge in [0.15, 0.2) is 0 Å². The van der Waals surface area contributed by atoms with Crippen LogP contribution in [0.1, 0.15) is 13.8 Å². The van der Waals surface area contributed by atoms with Crippen LogP contribution in [0.3, 0.4) is 0 Å². The molecule has 13 heavy (non-hydrogen) atoms. The maximum Gasteiger partial charge on any atom is 0.129 e. The van der Waals surface area contributed by atoms with Crippen LogP contribution in [-0.4, -0.2) is 27.5 Å². The van der Waals surface area contributed by atoms with Crippen LogP contribution in [0, 0.1) is 0 Å². The van der Waals surface area contributed by atoms with Gasteiger partial charge < -0.3 is 5.32 Å². The van der Waals surface area contributed by atoms with Crippen molar-refractivity contribution in [2.45, 2.75) is 18.6 Å². The standard InChI is InChI=1S/C9H15N3S/c1-9(2,13-3)6-11-8-4-5-10-7-12-8/h4-5,7H,6H2,1-3H3,(H,10,11,12). The highest BCUT2D eigenvalue weighted by Crippen LogP contribution is 2.20. The first-order valence-electron chi connectivity index (χ1n) is 4.19. The average Bonchev–Trinajstić information content (AvgIpc) is 2.17. The highest BCUT2D eigenvalue weighted by molar-refractivity contribution is 7.99. The van der Waals surface area contributed by atoms with Crippen molar-refractivity contribution in [3.05, 3.63) is 18.6 Å². The Balaban J connectivity index is 2.44. The van der Waals surface area contributed by atoms with E-state index in [1.54, 1.807) is 12.5 Å². The lowest BCUT2D eigenvalue weighted by Gasteiger charge is -2.22. The molecule has 1 heterocycles. The van der Waals surface area contributed by atoms with Gasteiger partial charge in [-0.15, -0.1) is 0 Å². The molecular formula is C9H15N3S. The van der Waals surface area contributed by atoms with Crippen LogP contribution in [0.25, 0.3) is 0 Å². The molecular weight excluding hydrogens is 182 g/mol. The maximum absolute atomic E-state index is 4.08.